The van der Waals surface area contributed by atoms with Crippen LogP contribution in [0.25, 0.3) is 0 Å². The summed E-state index contributed by atoms with van der Waals surface area (Å²) in [5.41, 5.74) is 0. The first kappa shape index (κ1) is 9.03. The molecule has 1 aromatic heterocycles. The summed E-state index contributed by atoms with van der Waals surface area (Å²) in [4.78, 5) is 0. The minimum Gasteiger partial charge on any atom is -0.390 e. The van der Waals surface area contributed by atoms with Gasteiger partial charge in [-0.3, -0.25) is 4.68 Å². The lowest BCUT2D eigenvalue weighted by Gasteiger charge is -2.05. The number of alkyl halides is 1. The van der Waals surface area contributed by atoms with Gasteiger partial charge in [0.1, 0.15) is 0 Å². The predicted octanol–water partition coefficient (Wildman–Crippen LogP) is 1.25. The lowest BCUT2D eigenvalue weighted by atomic mass is 10.4. The van der Waals surface area contributed by atoms with Crippen LogP contribution in [0, 0.1) is 0 Å². The van der Waals surface area contributed by atoms with Crippen molar-refractivity contribution < 1.29 is 5.11 Å². The first-order valence-electron chi connectivity index (χ1n) is 3.14. The number of hydrogen-bond donors (Lipinski definition) is 1. The van der Waals surface area contributed by atoms with Crippen LogP contribution in [-0.4, -0.2) is 26.9 Å². The van der Waals surface area contributed by atoms with Crippen molar-refractivity contribution in [3.05, 3.63) is 16.9 Å². The van der Waals surface area contributed by atoms with Crippen molar-refractivity contribution in [3.63, 3.8) is 0 Å². The molecule has 1 unspecified atom stereocenters. The smallest absolute Gasteiger partial charge is 0.0871 e. The van der Waals surface area contributed by atoms with Gasteiger partial charge in [0.15, 0.2) is 0 Å². The molecule has 0 bridgehead atoms. The second-order valence-corrected chi connectivity index (χ2v) is 3.41. The molecule has 1 heterocycles. The standard InChI is InChI=1S/C6H8BrClN2O/c7-5-2-9-10(3-5)4-6(11)1-8/h2-3,6,11H,1,4H2. The first-order chi connectivity index (χ1) is 5.22. The van der Waals surface area contributed by atoms with Crippen LogP contribution in [0.3, 0.4) is 0 Å². The molecule has 62 valence electrons. The number of rotatable bonds is 3. The molecule has 0 spiro atoms. The summed E-state index contributed by atoms with van der Waals surface area (Å²) in [6.07, 6.45) is 2.93. The minimum absolute atomic E-state index is 0.234. The van der Waals surface area contributed by atoms with Crippen molar-refractivity contribution in [2.24, 2.45) is 0 Å². The Morgan fingerprint density at radius 3 is 3.00 bits per heavy atom. The fourth-order valence-corrected chi connectivity index (χ4v) is 1.13. The van der Waals surface area contributed by atoms with Crippen LogP contribution in [0.5, 0.6) is 0 Å². The molecule has 11 heavy (non-hydrogen) atoms. The van der Waals surface area contributed by atoms with Crippen LogP contribution in [0.2, 0.25) is 0 Å². The van der Waals surface area contributed by atoms with Crippen LogP contribution in [0.15, 0.2) is 16.9 Å². The van der Waals surface area contributed by atoms with Gasteiger partial charge >= 0.3 is 0 Å². The van der Waals surface area contributed by atoms with Gasteiger partial charge in [0, 0.05) is 6.20 Å². The molecule has 0 radical (unpaired) electrons. The number of halogens is 2. The molecule has 1 atom stereocenters. The Morgan fingerprint density at radius 2 is 2.55 bits per heavy atom. The average molecular weight is 240 g/mol. The van der Waals surface area contributed by atoms with Gasteiger partial charge in [0.2, 0.25) is 0 Å². The Hall–Kier alpha value is -0.0600. The number of aromatic nitrogens is 2. The maximum Gasteiger partial charge on any atom is 0.0871 e. The van der Waals surface area contributed by atoms with E-state index in [1.165, 1.54) is 0 Å². The van der Waals surface area contributed by atoms with Crippen molar-refractivity contribution in [2.45, 2.75) is 12.6 Å². The quantitative estimate of drug-likeness (QED) is 0.806. The topological polar surface area (TPSA) is 38.0 Å². The largest absolute Gasteiger partial charge is 0.390 e. The first-order valence-corrected chi connectivity index (χ1v) is 4.47. The third-order valence-corrected chi connectivity index (χ3v) is 1.94. The Balaban J connectivity index is 2.50. The summed E-state index contributed by atoms with van der Waals surface area (Å²) >= 11 is 8.65. The van der Waals surface area contributed by atoms with Crippen LogP contribution >= 0.6 is 27.5 Å². The van der Waals surface area contributed by atoms with E-state index >= 15 is 0 Å². The summed E-state index contributed by atoms with van der Waals surface area (Å²) in [6, 6.07) is 0. The Kier molecular flexibility index (Phi) is 3.36. The van der Waals surface area contributed by atoms with Gasteiger partial charge in [-0.1, -0.05) is 0 Å². The van der Waals surface area contributed by atoms with E-state index in [9.17, 15) is 0 Å². The highest BCUT2D eigenvalue weighted by Gasteiger charge is 2.03. The maximum absolute atomic E-state index is 9.11. The third-order valence-electron chi connectivity index (χ3n) is 1.18. The average Bonchev–Trinajstić information content (AvgIpc) is 2.35. The monoisotopic (exact) mass is 238 g/mol. The summed E-state index contributed by atoms with van der Waals surface area (Å²) in [7, 11) is 0. The molecule has 5 heteroatoms. The predicted molar refractivity (Wildman–Crippen MR) is 46.7 cm³/mol. The van der Waals surface area contributed by atoms with Crippen molar-refractivity contribution in [3.8, 4) is 0 Å². The summed E-state index contributed by atoms with van der Waals surface area (Å²) in [5, 5.41) is 13.1. The molecule has 3 nitrogen and oxygen atoms in total. The van der Waals surface area contributed by atoms with Gasteiger partial charge in [0.25, 0.3) is 0 Å². The van der Waals surface area contributed by atoms with Crippen molar-refractivity contribution >= 4 is 27.5 Å². The zero-order valence-electron chi connectivity index (χ0n) is 5.74. The van der Waals surface area contributed by atoms with E-state index in [-0.39, 0.29) is 5.88 Å². The number of aliphatic hydroxyl groups excluding tert-OH is 1. The molecular formula is C6H8BrClN2O. The van der Waals surface area contributed by atoms with E-state index in [2.05, 4.69) is 21.0 Å². The van der Waals surface area contributed by atoms with Gasteiger partial charge in [0.05, 0.1) is 29.2 Å². The fourth-order valence-electron chi connectivity index (χ4n) is 0.703. The van der Waals surface area contributed by atoms with Crippen LogP contribution in [-0.2, 0) is 6.54 Å². The summed E-state index contributed by atoms with van der Waals surface area (Å²) in [5.74, 6) is 0.234. The molecule has 1 rings (SSSR count). The summed E-state index contributed by atoms with van der Waals surface area (Å²) in [6.45, 7) is 0.440. The third kappa shape index (κ3) is 2.81. The van der Waals surface area contributed by atoms with Gasteiger partial charge in [-0.25, -0.2) is 0 Å². The second kappa shape index (κ2) is 4.09. The fraction of sp³-hybridized carbons (Fsp3) is 0.500. The molecule has 1 N–H and O–H groups in total. The number of hydrogen-bond acceptors (Lipinski definition) is 2. The summed E-state index contributed by atoms with van der Waals surface area (Å²) < 4.78 is 2.54. The highest BCUT2D eigenvalue weighted by Crippen LogP contribution is 2.06. The zero-order chi connectivity index (χ0) is 8.27. The van der Waals surface area contributed by atoms with Crippen LogP contribution in [0.4, 0.5) is 0 Å². The SMILES string of the molecule is OC(CCl)Cn1cc(Br)cn1. The van der Waals surface area contributed by atoms with Gasteiger partial charge in [-0.2, -0.15) is 5.10 Å². The molecule has 0 aliphatic rings. The Labute approximate surface area is 78.1 Å². The molecule has 0 aliphatic carbocycles. The molecule has 0 fully saturated rings. The van der Waals surface area contributed by atoms with Gasteiger partial charge < -0.3 is 5.11 Å². The van der Waals surface area contributed by atoms with E-state index < -0.39 is 6.10 Å². The molecule has 0 amide bonds. The lowest BCUT2D eigenvalue weighted by Crippen LogP contribution is -2.17. The highest BCUT2D eigenvalue weighted by atomic mass is 79.9. The van der Waals surface area contributed by atoms with Gasteiger partial charge in [-0.05, 0) is 15.9 Å². The molecule has 1 aromatic rings. The number of aliphatic hydroxyl groups is 1. The molecule has 0 aliphatic heterocycles. The van der Waals surface area contributed by atoms with E-state index in [0.717, 1.165) is 4.47 Å². The van der Waals surface area contributed by atoms with Crippen LogP contribution in [0.1, 0.15) is 0 Å². The normalized spacial score (nSPS) is 13.4. The van der Waals surface area contributed by atoms with Crippen molar-refractivity contribution in [2.75, 3.05) is 5.88 Å². The van der Waals surface area contributed by atoms with E-state index in [1.807, 2.05) is 0 Å². The molecule has 0 saturated heterocycles. The maximum atomic E-state index is 9.11. The van der Waals surface area contributed by atoms with Crippen molar-refractivity contribution in [1.82, 2.24) is 9.78 Å². The second-order valence-electron chi connectivity index (χ2n) is 2.19. The lowest BCUT2D eigenvalue weighted by molar-refractivity contribution is 0.171. The Bertz CT molecular complexity index is 228. The zero-order valence-corrected chi connectivity index (χ0v) is 8.09. The van der Waals surface area contributed by atoms with Crippen LogP contribution < -0.4 is 0 Å². The Morgan fingerprint density at radius 1 is 1.82 bits per heavy atom. The minimum atomic E-state index is -0.525. The van der Waals surface area contributed by atoms with Gasteiger partial charge in [-0.15, -0.1) is 11.6 Å². The van der Waals surface area contributed by atoms with E-state index in [4.69, 9.17) is 16.7 Å². The molecule has 0 saturated carbocycles. The molecular weight excluding hydrogens is 231 g/mol. The van der Waals surface area contributed by atoms with Crippen molar-refractivity contribution in [1.29, 1.82) is 0 Å². The number of nitrogens with zero attached hydrogens (tertiary/aromatic N) is 2. The van der Waals surface area contributed by atoms with E-state index in [1.54, 1.807) is 17.1 Å². The highest BCUT2D eigenvalue weighted by molar-refractivity contribution is 9.10. The molecule has 0 aromatic carbocycles. The van der Waals surface area contributed by atoms with E-state index in [0.29, 0.717) is 6.54 Å².